The van der Waals surface area contributed by atoms with E-state index in [1.165, 1.54) is 21.3 Å². The average molecular weight is 602 g/mol. The van der Waals surface area contributed by atoms with Crippen LogP contribution in [0.3, 0.4) is 0 Å². The quantitative estimate of drug-likeness (QED) is 0.192. The first kappa shape index (κ1) is 35.8. The highest BCUT2D eigenvalue weighted by molar-refractivity contribution is 5.72. The molecule has 0 radical (unpaired) electrons. The van der Waals surface area contributed by atoms with Crippen molar-refractivity contribution in [2.45, 2.75) is 44.2 Å². The van der Waals surface area contributed by atoms with Crippen LogP contribution in [0.2, 0.25) is 0 Å². The van der Waals surface area contributed by atoms with E-state index in [0.29, 0.717) is 58.9 Å². The summed E-state index contributed by atoms with van der Waals surface area (Å²) in [4.78, 5) is 57.8. The zero-order chi connectivity index (χ0) is 30.9. The third kappa shape index (κ3) is 14.2. The highest BCUT2D eigenvalue weighted by Crippen LogP contribution is 2.22. The molecule has 1 aliphatic carbocycles. The zero-order valence-corrected chi connectivity index (χ0v) is 25.6. The van der Waals surface area contributed by atoms with Crippen molar-refractivity contribution in [1.82, 2.24) is 24.5 Å². The Morgan fingerprint density at radius 2 is 1.07 bits per heavy atom. The molecule has 1 saturated heterocycles. The Bertz CT molecular complexity index is 809. The number of aliphatic carboxylic acids is 1. The molecule has 2 N–H and O–H groups in total. The number of aliphatic hydroxyl groups excluding tert-OH is 1. The maximum atomic E-state index is 12.1. The van der Waals surface area contributed by atoms with Crippen LogP contribution in [-0.4, -0.2) is 184 Å². The van der Waals surface area contributed by atoms with E-state index in [1.54, 1.807) is 0 Å². The number of hydrogen-bond acceptors (Lipinski definition) is 13. The fourth-order valence-electron chi connectivity index (χ4n) is 5.57. The summed E-state index contributed by atoms with van der Waals surface area (Å²) >= 11 is 0. The molecule has 42 heavy (non-hydrogen) atoms. The summed E-state index contributed by atoms with van der Waals surface area (Å²) in [5, 5.41) is 20.6. The van der Waals surface area contributed by atoms with Gasteiger partial charge in [-0.05, 0) is 12.8 Å². The van der Waals surface area contributed by atoms with Gasteiger partial charge in [0.2, 0.25) is 0 Å². The minimum absolute atomic E-state index is 0.0841. The van der Waals surface area contributed by atoms with Crippen LogP contribution < -0.4 is 0 Å². The van der Waals surface area contributed by atoms with E-state index in [4.69, 9.17) is 14.2 Å². The van der Waals surface area contributed by atoms with Crippen molar-refractivity contribution in [3.63, 3.8) is 0 Å². The number of aliphatic hydroxyl groups is 1. The smallest absolute Gasteiger partial charge is 0.319 e. The topological polar surface area (TPSA) is 153 Å². The largest absolute Gasteiger partial charge is 0.480 e. The number of hydrogen-bond donors (Lipinski definition) is 2. The van der Waals surface area contributed by atoms with E-state index in [-0.39, 0.29) is 56.7 Å². The molecule has 0 aromatic carbocycles. The maximum absolute atomic E-state index is 12.1. The van der Waals surface area contributed by atoms with Gasteiger partial charge in [0.1, 0.15) is 0 Å². The van der Waals surface area contributed by atoms with E-state index in [9.17, 15) is 29.4 Å². The van der Waals surface area contributed by atoms with Crippen LogP contribution in [0.4, 0.5) is 0 Å². The summed E-state index contributed by atoms with van der Waals surface area (Å²) in [6.07, 6.45) is 4.36. The molecular weight excluding hydrogens is 550 g/mol. The van der Waals surface area contributed by atoms with Gasteiger partial charge in [0.15, 0.2) is 0 Å². The first-order chi connectivity index (χ1) is 20.1. The number of carboxylic acids is 1. The second-order valence-electron chi connectivity index (χ2n) is 11.1. The van der Waals surface area contributed by atoms with Crippen molar-refractivity contribution in [2.24, 2.45) is 0 Å². The molecule has 0 aromatic heterocycles. The molecule has 242 valence electrons. The molecule has 0 amide bonds. The second-order valence-corrected chi connectivity index (χ2v) is 11.1. The van der Waals surface area contributed by atoms with Gasteiger partial charge in [0, 0.05) is 71.5 Å². The zero-order valence-electron chi connectivity index (χ0n) is 25.6. The van der Waals surface area contributed by atoms with Crippen LogP contribution in [0.15, 0.2) is 0 Å². The minimum Gasteiger partial charge on any atom is -0.480 e. The monoisotopic (exact) mass is 601 g/mol. The number of esters is 3. The lowest BCUT2D eigenvalue weighted by Gasteiger charge is -2.36. The Morgan fingerprint density at radius 3 is 1.43 bits per heavy atom. The predicted molar refractivity (Wildman–Crippen MR) is 154 cm³/mol. The first-order valence-corrected chi connectivity index (χ1v) is 14.9. The summed E-state index contributed by atoms with van der Waals surface area (Å²) in [6, 6.07) is 0.148. The minimum atomic E-state index is -0.905. The Labute approximate surface area is 249 Å². The van der Waals surface area contributed by atoms with Gasteiger partial charge < -0.3 is 24.4 Å². The van der Waals surface area contributed by atoms with Gasteiger partial charge in [-0.3, -0.25) is 43.7 Å². The highest BCUT2D eigenvalue weighted by Gasteiger charge is 2.27. The van der Waals surface area contributed by atoms with Gasteiger partial charge in [-0.15, -0.1) is 0 Å². The van der Waals surface area contributed by atoms with Crippen LogP contribution in [0.1, 0.15) is 32.1 Å². The average Bonchev–Trinajstić information content (AvgIpc) is 2.97. The lowest BCUT2D eigenvalue weighted by atomic mass is 9.94. The summed E-state index contributed by atoms with van der Waals surface area (Å²) in [5.41, 5.74) is 0. The van der Waals surface area contributed by atoms with E-state index in [2.05, 4.69) is 4.90 Å². The number of carbonyl (C=O) groups excluding carboxylic acids is 3. The molecule has 2 fully saturated rings. The van der Waals surface area contributed by atoms with Gasteiger partial charge in [0.25, 0.3) is 0 Å². The van der Waals surface area contributed by atoms with Crippen LogP contribution in [0, 0.1) is 0 Å². The molecule has 0 aromatic rings. The van der Waals surface area contributed by atoms with E-state index < -0.39 is 12.1 Å². The second kappa shape index (κ2) is 19.8. The van der Waals surface area contributed by atoms with Crippen LogP contribution in [-0.2, 0) is 33.4 Å². The van der Waals surface area contributed by atoms with E-state index in [0.717, 1.165) is 32.1 Å². The molecular formula is C28H51N5O9. The third-order valence-corrected chi connectivity index (χ3v) is 8.01. The number of β-amino-alcohol motifs (C(OH)–C–C–N with tert-alkyl or cyclic N) is 1. The number of ether oxygens (including phenoxy) is 3. The molecule has 1 unspecified atom stereocenters. The molecule has 0 bridgehead atoms. The summed E-state index contributed by atoms with van der Waals surface area (Å²) < 4.78 is 14.6. The van der Waals surface area contributed by atoms with Gasteiger partial charge in [0.05, 0.1) is 53.6 Å². The van der Waals surface area contributed by atoms with Crippen molar-refractivity contribution in [1.29, 1.82) is 0 Å². The van der Waals surface area contributed by atoms with Gasteiger partial charge >= 0.3 is 23.9 Å². The number of rotatable bonds is 13. The van der Waals surface area contributed by atoms with Crippen LogP contribution >= 0.6 is 0 Å². The van der Waals surface area contributed by atoms with E-state index in [1.807, 2.05) is 19.6 Å². The van der Waals surface area contributed by atoms with Crippen molar-refractivity contribution in [3.05, 3.63) is 0 Å². The normalized spacial score (nSPS) is 20.3. The third-order valence-electron chi connectivity index (χ3n) is 8.01. The maximum Gasteiger partial charge on any atom is 0.319 e. The van der Waals surface area contributed by atoms with Gasteiger partial charge in [-0.25, -0.2) is 0 Å². The molecule has 1 atom stereocenters. The Morgan fingerprint density at radius 1 is 0.690 bits per heavy atom. The summed E-state index contributed by atoms with van der Waals surface area (Å²) in [5.74, 6) is -2.01. The molecule has 2 rings (SSSR count). The molecule has 1 aliphatic heterocycles. The number of carbonyl (C=O) groups is 4. The lowest BCUT2D eigenvalue weighted by molar-refractivity contribution is -0.144. The summed E-state index contributed by atoms with van der Waals surface area (Å²) in [7, 11) is 4.03. The number of methoxy groups -OCH3 is 3. The fourth-order valence-corrected chi connectivity index (χ4v) is 5.57. The molecule has 14 nitrogen and oxygen atoms in total. The number of nitrogens with zero attached hydrogens (tertiary/aromatic N) is 5. The number of carboxylic acid groups (broad SMARTS) is 1. The SMILES string of the molecule is COC(=O)CN1CCN(CC(=O)OC)CCN(CC(O)CN(CC(=O)O)C2CCCCC2)CCN(CC(=O)OC)CC1. The van der Waals surface area contributed by atoms with Crippen molar-refractivity contribution < 1.29 is 43.6 Å². The van der Waals surface area contributed by atoms with E-state index >= 15 is 0 Å². The molecule has 14 heteroatoms. The fraction of sp³-hybridized carbons (Fsp3) is 0.857. The molecule has 1 heterocycles. The predicted octanol–water partition coefficient (Wildman–Crippen LogP) is -1.19. The highest BCUT2D eigenvalue weighted by atomic mass is 16.5. The molecule has 2 aliphatic rings. The van der Waals surface area contributed by atoms with Gasteiger partial charge in [-0.1, -0.05) is 19.3 Å². The van der Waals surface area contributed by atoms with Crippen molar-refractivity contribution in [2.75, 3.05) is 113 Å². The lowest BCUT2D eigenvalue weighted by Crippen LogP contribution is -2.51. The van der Waals surface area contributed by atoms with Crippen LogP contribution in [0.5, 0.6) is 0 Å². The van der Waals surface area contributed by atoms with Crippen molar-refractivity contribution in [3.8, 4) is 0 Å². The van der Waals surface area contributed by atoms with Crippen LogP contribution in [0.25, 0.3) is 0 Å². The molecule has 1 saturated carbocycles. The summed E-state index contributed by atoms with van der Waals surface area (Å²) in [6.45, 7) is 4.76. The first-order valence-electron chi connectivity index (χ1n) is 14.9. The molecule has 0 spiro atoms. The van der Waals surface area contributed by atoms with Crippen molar-refractivity contribution >= 4 is 23.9 Å². The Hall–Kier alpha value is -2.36. The van der Waals surface area contributed by atoms with Gasteiger partial charge in [-0.2, -0.15) is 0 Å². The Balaban J connectivity index is 2.17. The standard InChI is InChI=1S/C28H51N5O9/c1-40-26(37)20-30-11-9-29(17-24(34)18-33(19-25(35)36)23-7-5-4-6-8-23)10-12-31(21-27(38)41-2)14-16-32(15-13-30)22-28(39)42-3/h23-24,34H,4-22H2,1-3H3,(H,35,36). The Kier molecular flexibility index (Phi) is 16.9.